The highest BCUT2D eigenvalue weighted by molar-refractivity contribution is 6.27. The van der Waals surface area contributed by atoms with E-state index in [2.05, 4.69) is 15.3 Å². The van der Waals surface area contributed by atoms with Gasteiger partial charge in [0, 0.05) is 12.4 Å². The van der Waals surface area contributed by atoms with Gasteiger partial charge in [-0.15, -0.1) is 11.6 Å². The zero-order valence-electron chi connectivity index (χ0n) is 8.12. The Morgan fingerprint density at radius 3 is 2.57 bits per heavy atom. The fourth-order valence-electron chi connectivity index (χ4n) is 1.06. The van der Waals surface area contributed by atoms with Gasteiger partial charge < -0.3 is 5.32 Å². The molecular weight excluding hydrogens is 202 g/mol. The van der Waals surface area contributed by atoms with E-state index in [1.165, 1.54) is 0 Å². The third kappa shape index (κ3) is 2.67. The first kappa shape index (κ1) is 10.9. The predicted octanol–water partition coefficient (Wildman–Crippen LogP) is 1.07. The maximum Gasteiger partial charge on any atom is 0.235 e. The average molecular weight is 214 g/mol. The Morgan fingerprint density at radius 1 is 1.50 bits per heavy atom. The van der Waals surface area contributed by atoms with Gasteiger partial charge in [-0.2, -0.15) is 0 Å². The third-order valence-corrected chi connectivity index (χ3v) is 1.94. The Balaban J connectivity index is 2.80. The van der Waals surface area contributed by atoms with Crippen molar-refractivity contribution in [2.24, 2.45) is 0 Å². The molecule has 0 aliphatic heterocycles. The van der Waals surface area contributed by atoms with Crippen LogP contribution in [0.1, 0.15) is 19.7 Å². The van der Waals surface area contributed by atoms with E-state index in [1.807, 2.05) is 13.8 Å². The molecule has 1 heterocycles. The first-order valence-corrected chi connectivity index (χ1v) is 4.74. The normalized spacial score (nSPS) is 11.1. The molecule has 5 heteroatoms. The van der Waals surface area contributed by atoms with Crippen molar-refractivity contribution in [3.8, 4) is 0 Å². The number of nitrogens with one attached hydrogen (secondary N) is 1. The summed E-state index contributed by atoms with van der Waals surface area (Å²) < 4.78 is 0. The fourth-order valence-corrected chi connectivity index (χ4v) is 1.13. The molecule has 0 saturated carbocycles. The Labute approximate surface area is 87.7 Å². The van der Waals surface area contributed by atoms with Crippen LogP contribution in [-0.4, -0.2) is 21.8 Å². The van der Waals surface area contributed by atoms with Gasteiger partial charge in [0.05, 0.1) is 5.54 Å². The van der Waals surface area contributed by atoms with Crippen molar-refractivity contribution in [3.63, 3.8) is 0 Å². The summed E-state index contributed by atoms with van der Waals surface area (Å²) in [5, 5.41) is 2.73. The number of carbonyl (C=O) groups is 1. The molecule has 0 aliphatic carbocycles. The number of nitrogens with zero attached hydrogens (tertiary/aromatic N) is 2. The molecule has 0 aliphatic rings. The summed E-state index contributed by atoms with van der Waals surface area (Å²) in [5.74, 6) is 0.276. The molecule has 4 nitrogen and oxygen atoms in total. The second kappa shape index (κ2) is 4.37. The third-order valence-electron chi connectivity index (χ3n) is 1.70. The van der Waals surface area contributed by atoms with Gasteiger partial charge in [0.25, 0.3) is 0 Å². The zero-order chi connectivity index (χ0) is 10.6. The first-order valence-electron chi connectivity index (χ1n) is 4.21. The molecule has 0 unspecified atom stereocenters. The average Bonchev–Trinajstić information content (AvgIpc) is 2.18. The maximum absolute atomic E-state index is 11.1. The highest BCUT2D eigenvalue weighted by Gasteiger charge is 2.24. The highest BCUT2D eigenvalue weighted by atomic mass is 35.5. The smallest absolute Gasteiger partial charge is 0.235 e. The van der Waals surface area contributed by atoms with Gasteiger partial charge in [0.1, 0.15) is 5.88 Å². The number of amides is 1. The van der Waals surface area contributed by atoms with Crippen molar-refractivity contribution in [2.45, 2.75) is 19.4 Å². The topological polar surface area (TPSA) is 54.9 Å². The summed E-state index contributed by atoms with van der Waals surface area (Å²) in [6.45, 7) is 3.65. The molecule has 1 amide bonds. The van der Waals surface area contributed by atoms with E-state index in [0.717, 1.165) is 0 Å². The van der Waals surface area contributed by atoms with Gasteiger partial charge in [-0.1, -0.05) is 0 Å². The first-order chi connectivity index (χ1) is 6.56. The molecule has 0 bridgehead atoms. The number of hydrogen-bond acceptors (Lipinski definition) is 3. The largest absolute Gasteiger partial charge is 0.343 e. The summed E-state index contributed by atoms with van der Waals surface area (Å²) in [6.07, 6.45) is 3.27. The summed E-state index contributed by atoms with van der Waals surface area (Å²) in [5.41, 5.74) is -0.590. The highest BCUT2D eigenvalue weighted by Crippen LogP contribution is 2.14. The maximum atomic E-state index is 11.1. The van der Waals surface area contributed by atoms with E-state index >= 15 is 0 Å². The lowest BCUT2D eigenvalue weighted by molar-refractivity contribution is -0.120. The number of rotatable bonds is 3. The van der Waals surface area contributed by atoms with Gasteiger partial charge in [-0.3, -0.25) is 4.79 Å². The number of aromatic nitrogens is 2. The second-order valence-electron chi connectivity index (χ2n) is 3.38. The molecule has 0 radical (unpaired) electrons. The van der Waals surface area contributed by atoms with Crippen LogP contribution >= 0.6 is 11.6 Å². The Morgan fingerprint density at radius 2 is 2.07 bits per heavy atom. The van der Waals surface area contributed by atoms with Crippen LogP contribution in [0.15, 0.2) is 18.5 Å². The Hall–Kier alpha value is -1.16. The number of halogens is 1. The number of carbonyl (C=O) groups excluding carboxylic acids is 1. The molecular formula is C9H12ClN3O. The van der Waals surface area contributed by atoms with Crippen molar-refractivity contribution >= 4 is 17.5 Å². The molecule has 1 N–H and O–H groups in total. The lowest BCUT2D eigenvalue weighted by Gasteiger charge is -2.23. The van der Waals surface area contributed by atoms with E-state index in [-0.39, 0.29) is 11.8 Å². The van der Waals surface area contributed by atoms with Gasteiger partial charge in [0.2, 0.25) is 5.91 Å². The zero-order valence-corrected chi connectivity index (χ0v) is 8.88. The van der Waals surface area contributed by atoms with Crippen LogP contribution < -0.4 is 5.32 Å². The van der Waals surface area contributed by atoms with Crippen LogP contribution in [0.2, 0.25) is 0 Å². The van der Waals surface area contributed by atoms with E-state index < -0.39 is 5.54 Å². The van der Waals surface area contributed by atoms with Crippen molar-refractivity contribution in [1.82, 2.24) is 15.3 Å². The monoisotopic (exact) mass is 213 g/mol. The molecule has 1 aromatic rings. The Kier molecular flexibility index (Phi) is 3.41. The minimum absolute atomic E-state index is 0.0593. The van der Waals surface area contributed by atoms with E-state index in [1.54, 1.807) is 18.5 Å². The molecule has 1 rings (SSSR count). The van der Waals surface area contributed by atoms with Crippen LogP contribution in [0.5, 0.6) is 0 Å². The SMILES string of the molecule is CC(C)(NC(=O)CCl)c1ncccn1. The van der Waals surface area contributed by atoms with Crippen molar-refractivity contribution in [1.29, 1.82) is 0 Å². The summed E-state index contributed by atoms with van der Waals surface area (Å²) in [6, 6.07) is 1.73. The molecule has 0 saturated heterocycles. The quantitative estimate of drug-likeness (QED) is 0.765. The van der Waals surface area contributed by atoms with Gasteiger partial charge in [-0.25, -0.2) is 9.97 Å². The van der Waals surface area contributed by atoms with Crippen molar-refractivity contribution < 1.29 is 4.79 Å². The second-order valence-corrected chi connectivity index (χ2v) is 3.65. The fraction of sp³-hybridized carbons (Fsp3) is 0.444. The number of hydrogen-bond donors (Lipinski definition) is 1. The molecule has 0 atom stereocenters. The molecule has 76 valence electrons. The van der Waals surface area contributed by atoms with Crippen LogP contribution in [0.4, 0.5) is 0 Å². The van der Waals surface area contributed by atoms with Crippen LogP contribution in [0, 0.1) is 0 Å². The predicted molar refractivity (Wildman–Crippen MR) is 53.9 cm³/mol. The summed E-state index contributed by atoms with van der Waals surface area (Å²) >= 11 is 5.39. The number of alkyl halides is 1. The van der Waals surface area contributed by atoms with Gasteiger partial charge in [0.15, 0.2) is 5.82 Å². The van der Waals surface area contributed by atoms with Crippen molar-refractivity contribution in [3.05, 3.63) is 24.3 Å². The molecule has 0 fully saturated rings. The van der Waals surface area contributed by atoms with Gasteiger partial charge in [-0.05, 0) is 19.9 Å². The van der Waals surface area contributed by atoms with Crippen LogP contribution in [0.3, 0.4) is 0 Å². The molecule has 0 spiro atoms. The van der Waals surface area contributed by atoms with E-state index in [0.29, 0.717) is 5.82 Å². The van der Waals surface area contributed by atoms with Crippen LogP contribution in [-0.2, 0) is 10.3 Å². The van der Waals surface area contributed by atoms with Crippen LogP contribution in [0.25, 0.3) is 0 Å². The van der Waals surface area contributed by atoms with E-state index in [4.69, 9.17) is 11.6 Å². The molecule has 0 aromatic carbocycles. The minimum atomic E-state index is -0.590. The summed E-state index contributed by atoms with van der Waals surface area (Å²) in [7, 11) is 0. The standard InChI is InChI=1S/C9H12ClN3O/c1-9(2,13-7(14)6-10)8-11-4-3-5-12-8/h3-5H,6H2,1-2H3,(H,13,14). The summed E-state index contributed by atoms with van der Waals surface area (Å²) in [4.78, 5) is 19.2. The van der Waals surface area contributed by atoms with Crippen molar-refractivity contribution in [2.75, 3.05) is 5.88 Å². The minimum Gasteiger partial charge on any atom is -0.343 e. The van der Waals surface area contributed by atoms with E-state index in [9.17, 15) is 4.79 Å². The molecule has 14 heavy (non-hydrogen) atoms. The lowest BCUT2D eigenvalue weighted by atomic mass is 10.0. The molecule has 1 aromatic heterocycles. The lowest BCUT2D eigenvalue weighted by Crippen LogP contribution is -2.42. The van der Waals surface area contributed by atoms with Gasteiger partial charge >= 0.3 is 0 Å². The Bertz CT molecular complexity index is 313.